The molecule has 0 amide bonds. The molecule has 0 heterocycles. The summed E-state index contributed by atoms with van der Waals surface area (Å²) in [7, 11) is 2.08. The highest BCUT2D eigenvalue weighted by molar-refractivity contribution is 9.10. The van der Waals surface area contributed by atoms with Crippen LogP contribution in [0.25, 0.3) is 0 Å². The Bertz CT molecular complexity index is 528. The average molecular weight is 322 g/mol. The van der Waals surface area contributed by atoms with Gasteiger partial charge in [0.15, 0.2) is 0 Å². The SMILES string of the molecule is CN(CCc1ccccc1)Cc1ccc(F)c(Br)c1. The lowest BCUT2D eigenvalue weighted by atomic mass is 10.1. The van der Waals surface area contributed by atoms with E-state index in [4.69, 9.17) is 0 Å². The maximum absolute atomic E-state index is 13.1. The van der Waals surface area contributed by atoms with Gasteiger partial charge in [-0.05, 0) is 52.7 Å². The molecule has 0 aliphatic carbocycles. The molecule has 0 fully saturated rings. The second kappa shape index (κ2) is 6.83. The normalized spacial score (nSPS) is 10.9. The van der Waals surface area contributed by atoms with E-state index in [1.54, 1.807) is 0 Å². The lowest BCUT2D eigenvalue weighted by molar-refractivity contribution is 0.331. The highest BCUT2D eigenvalue weighted by Gasteiger charge is 2.04. The van der Waals surface area contributed by atoms with Crippen LogP contribution in [0.1, 0.15) is 11.1 Å². The first-order chi connectivity index (χ1) is 9.15. The van der Waals surface area contributed by atoms with Gasteiger partial charge in [-0.1, -0.05) is 36.4 Å². The molecule has 2 rings (SSSR count). The Hall–Kier alpha value is -1.19. The van der Waals surface area contributed by atoms with Crippen molar-refractivity contribution in [3.05, 3.63) is 69.9 Å². The van der Waals surface area contributed by atoms with Gasteiger partial charge in [0.05, 0.1) is 4.47 Å². The van der Waals surface area contributed by atoms with E-state index in [1.807, 2.05) is 18.2 Å². The monoisotopic (exact) mass is 321 g/mol. The molecule has 3 heteroatoms. The van der Waals surface area contributed by atoms with Crippen LogP contribution in [0.15, 0.2) is 53.0 Å². The molecular formula is C16H17BrFN. The third-order valence-electron chi connectivity index (χ3n) is 3.06. The molecule has 2 aromatic rings. The van der Waals surface area contributed by atoms with Gasteiger partial charge in [0, 0.05) is 13.1 Å². The van der Waals surface area contributed by atoms with Crippen LogP contribution in [-0.4, -0.2) is 18.5 Å². The van der Waals surface area contributed by atoms with E-state index in [0.29, 0.717) is 4.47 Å². The number of hydrogen-bond acceptors (Lipinski definition) is 1. The van der Waals surface area contributed by atoms with Crippen LogP contribution in [0.5, 0.6) is 0 Å². The van der Waals surface area contributed by atoms with Crippen molar-refractivity contribution < 1.29 is 4.39 Å². The molecule has 0 saturated carbocycles. The minimum Gasteiger partial charge on any atom is -0.302 e. The molecule has 1 nitrogen and oxygen atoms in total. The average Bonchev–Trinajstić information content (AvgIpc) is 2.42. The standard InChI is InChI=1S/C16H17BrFN/c1-19(10-9-13-5-3-2-4-6-13)12-14-7-8-16(18)15(17)11-14/h2-8,11H,9-10,12H2,1H3. The van der Waals surface area contributed by atoms with Crippen molar-refractivity contribution in [2.24, 2.45) is 0 Å². The Balaban J connectivity index is 1.87. The summed E-state index contributed by atoms with van der Waals surface area (Å²) in [5, 5.41) is 0. The van der Waals surface area contributed by atoms with Crippen molar-refractivity contribution in [1.82, 2.24) is 4.90 Å². The molecule has 0 aliphatic rings. The van der Waals surface area contributed by atoms with E-state index < -0.39 is 0 Å². The van der Waals surface area contributed by atoms with Crippen LogP contribution in [-0.2, 0) is 13.0 Å². The zero-order chi connectivity index (χ0) is 13.7. The largest absolute Gasteiger partial charge is 0.302 e. The highest BCUT2D eigenvalue weighted by atomic mass is 79.9. The summed E-state index contributed by atoms with van der Waals surface area (Å²) in [5.41, 5.74) is 2.46. The molecule has 0 radical (unpaired) electrons. The molecule has 100 valence electrons. The summed E-state index contributed by atoms with van der Waals surface area (Å²) in [4.78, 5) is 2.24. The van der Waals surface area contributed by atoms with Crippen molar-refractivity contribution in [2.45, 2.75) is 13.0 Å². The van der Waals surface area contributed by atoms with Crippen LogP contribution < -0.4 is 0 Å². The number of hydrogen-bond donors (Lipinski definition) is 0. The molecule has 19 heavy (non-hydrogen) atoms. The smallest absolute Gasteiger partial charge is 0.137 e. The Labute approximate surface area is 122 Å². The van der Waals surface area contributed by atoms with Crippen molar-refractivity contribution in [3.8, 4) is 0 Å². The Kier molecular flexibility index (Phi) is 5.11. The van der Waals surface area contributed by atoms with Crippen LogP contribution in [0.2, 0.25) is 0 Å². The van der Waals surface area contributed by atoms with Crippen molar-refractivity contribution in [3.63, 3.8) is 0 Å². The molecule has 0 unspecified atom stereocenters. The number of halogens is 2. The van der Waals surface area contributed by atoms with E-state index in [1.165, 1.54) is 11.6 Å². The van der Waals surface area contributed by atoms with Crippen LogP contribution in [0.4, 0.5) is 4.39 Å². The van der Waals surface area contributed by atoms with Gasteiger partial charge >= 0.3 is 0 Å². The van der Waals surface area contributed by atoms with Crippen LogP contribution >= 0.6 is 15.9 Å². The van der Waals surface area contributed by atoms with Gasteiger partial charge in [0.25, 0.3) is 0 Å². The summed E-state index contributed by atoms with van der Waals surface area (Å²) in [6.07, 6.45) is 1.03. The van der Waals surface area contributed by atoms with Gasteiger partial charge < -0.3 is 4.90 Å². The highest BCUT2D eigenvalue weighted by Crippen LogP contribution is 2.17. The van der Waals surface area contributed by atoms with Crippen molar-refractivity contribution in [2.75, 3.05) is 13.6 Å². The van der Waals surface area contributed by atoms with E-state index in [0.717, 1.165) is 25.1 Å². The second-order valence-electron chi connectivity index (χ2n) is 4.72. The first kappa shape index (κ1) is 14.2. The molecule has 0 N–H and O–H groups in total. The molecule has 0 aromatic heterocycles. The minimum atomic E-state index is -0.212. The molecule has 0 spiro atoms. The number of likely N-dealkylation sites (N-methyl/N-ethyl adjacent to an activating group) is 1. The van der Waals surface area contributed by atoms with Gasteiger partial charge in [-0.2, -0.15) is 0 Å². The van der Waals surface area contributed by atoms with Gasteiger partial charge in [0.1, 0.15) is 5.82 Å². The molecule has 0 aliphatic heterocycles. The van der Waals surface area contributed by atoms with Gasteiger partial charge in [0.2, 0.25) is 0 Å². The maximum atomic E-state index is 13.1. The molecular weight excluding hydrogens is 305 g/mol. The first-order valence-electron chi connectivity index (χ1n) is 6.31. The minimum absolute atomic E-state index is 0.212. The van der Waals surface area contributed by atoms with E-state index in [-0.39, 0.29) is 5.82 Å². The molecule has 2 aromatic carbocycles. The van der Waals surface area contributed by atoms with E-state index >= 15 is 0 Å². The van der Waals surface area contributed by atoms with E-state index in [9.17, 15) is 4.39 Å². The third-order valence-corrected chi connectivity index (χ3v) is 3.67. The van der Waals surface area contributed by atoms with Gasteiger partial charge in [-0.3, -0.25) is 0 Å². The fourth-order valence-electron chi connectivity index (χ4n) is 1.99. The molecule has 0 atom stereocenters. The molecule has 0 saturated heterocycles. The first-order valence-corrected chi connectivity index (χ1v) is 7.11. The summed E-state index contributed by atoms with van der Waals surface area (Å²) >= 11 is 3.22. The summed E-state index contributed by atoms with van der Waals surface area (Å²) in [5.74, 6) is -0.212. The Morgan fingerprint density at radius 1 is 1.05 bits per heavy atom. The van der Waals surface area contributed by atoms with Gasteiger partial charge in [-0.25, -0.2) is 4.39 Å². The molecule has 0 bridgehead atoms. The summed E-state index contributed by atoms with van der Waals surface area (Å²) < 4.78 is 13.7. The zero-order valence-corrected chi connectivity index (χ0v) is 12.5. The lowest BCUT2D eigenvalue weighted by Gasteiger charge is -2.17. The quantitative estimate of drug-likeness (QED) is 0.795. The fourth-order valence-corrected chi connectivity index (χ4v) is 2.42. The predicted molar refractivity (Wildman–Crippen MR) is 80.6 cm³/mol. The predicted octanol–water partition coefficient (Wildman–Crippen LogP) is 4.26. The number of benzene rings is 2. The number of rotatable bonds is 5. The summed E-state index contributed by atoms with van der Waals surface area (Å²) in [6, 6.07) is 15.6. The third kappa shape index (κ3) is 4.44. The maximum Gasteiger partial charge on any atom is 0.137 e. The second-order valence-corrected chi connectivity index (χ2v) is 5.58. The number of nitrogens with zero attached hydrogens (tertiary/aromatic N) is 1. The van der Waals surface area contributed by atoms with Gasteiger partial charge in [-0.15, -0.1) is 0 Å². The lowest BCUT2D eigenvalue weighted by Crippen LogP contribution is -2.20. The van der Waals surface area contributed by atoms with Crippen LogP contribution in [0, 0.1) is 5.82 Å². The van der Waals surface area contributed by atoms with Crippen molar-refractivity contribution >= 4 is 15.9 Å². The van der Waals surface area contributed by atoms with Crippen LogP contribution in [0.3, 0.4) is 0 Å². The topological polar surface area (TPSA) is 3.24 Å². The van der Waals surface area contributed by atoms with Crippen molar-refractivity contribution in [1.29, 1.82) is 0 Å². The fraction of sp³-hybridized carbons (Fsp3) is 0.250. The van der Waals surface area contributed by atoms with E-state index in [2.05, 4.69) is 52.1 Å². The Morgan fingerprint density at radius 2 is 1.79 bits per heavy atom. The Morgan fingerprint density at radius 3 is 2.47 bits per heavy atom. The zero-order valence-electron chi connectivity index (χ0n) is 10.9. The summed E-state index contributed by atoms with van der Waals surface area (Å²) in [6.45, 7) is 1.81.